The molecule has 1 fully saturated rings. The third kappa shape index (κ3) is 3.39. The van der Waals surface area contributed by atoms with Crippen LogP contribution in [0.5, 0.6) is 0 Å². The molecule has 0 spiro atoms. The van der Waals surface area contributed by atoms with Crippen molar-refractivity contribution >= 4 is 12.1 Å². The quantitative estimate of drug-likeness (QED) is 0.847. The van der Waals surface area contributed by atoms with Crippen LogP contribution in [0.3, 0.4) is 0 Å². The molecule has 0 aliphatic carbocycles. The Morgan fingerprint density at radius 2 is 1.82 bits per heavy atom. The number of ether oxygens (including phenoxy) is 2. The molecule has 22 heavy (non-hydrogen) atoms. The number of nitrogens with zero attached hydrogens (tertiary/aromatic N) is 1. The lowest BCUT2D eigenvalue weighted by Crippen LogP contribution is -2.57. The van der Waals surface area contributed by atoms with E-state index in [1.54, 1.807) is 45.0 Å². The predicted molar refractivity (Wildman–Crippen MR) is 79.5 cm³/mol. The van der Waals surface area contributed by atoms with Gasteiger partial charge in [-0.15, -0.1) is 0 Å². The number of carbonyl (C=O) groups is 2. The Labute approximate surface area is 129 Å². The van der Waals surface area contributed by atoms with Gasteiger partial charge >= 0.3 is 12.1 Å². The minimum Gasteiger partial charge on any atom is -0.465 e. The SMILES string of the molecule is COC(=O)c1ccc([C@H]2[C@H](O)CN2C(=O)OC(C)(C)C)cc1. The number of β-amino-alcohol motifs (C(OH)–C–C–N with tert-alkyl or cyclic N) is 1. The standard InChI is InChI=1S/C16H21NO5/c1-16(2,3)22-15(20)17-9-12(18)13(17)10-5-7-11(8-6-10)14(19)21-4/h5-8,12-13,18H,9H2,1-4H3/t12-,13+/m1/s1. The van der Waals surface area contributed by atoms with E-state index in [-0.39, 0.29) is 6.54 Å². The fraction of sp³-hybridized carbons (Fsp3) is 0.500. The van der Waals surface area contributed by atoms with Crippen molar-refractivity contribution in [3.05, 3.63) is 35.4 Å². The molecule has 0 aromatic heterocycles. The highest BCUT2D eigenvalue weighted by molar-refractivity contribution is 5.89. The van der Waals surface area contributed by atoms with Crippen LogP contribution in [0.15, 0.2) is 24.3 Å². The summed E-state index contributed by atoms with van der Waals surface area (Å²) in [5.41, 5.74) is 0.581. The molecule has 0 saturated carbocycles. The van der Waals surface area contributed by atoms with E-state index in [0.717, 1.165) is 5.56 Å². The first-order valence-corrected chi connectivity index (χ1v) is 7.09. The molecule has 1 aromatic rings. The molecule has 6 nitrogen and oxygen atoms in total. The maximum Gasteiger partial charge on any atom is 0.410 e. The van der Waals surface area contributed by atoms with Crippen LogP contribution in [0.4, 0.5) is 4.79 Å². The number of amides is 1. The second-order valence-corrected chi connectivity index (χ2v) is 6.26. The average Bonchev–Trinajstić information content (AvgIpc) is 2.42. The molecule has 6 heteroatoms. The van der Waals surface area contributed by atoms with Crippen LogP contribution in [-0.2, 0) is 9.47 Å². The van der Waals surface area contributed by atoms with E-state index >= 15 is 0 Å². The van der Waals surface area contributed by atoms with E-state index in [1.807, 2.05) is 0 Å². The Balaban J connectivity index is 2.13. The van der Waals surface area contributed by atoms with Crippen molar-refractivity contribution in [2.24, 2.45) is 0 Å². The minimum absolute atomic E-state index is 0.234. The maximum absolute atomic E-state index is 12.1. The molecule has 1 aliphatic rings. The highest BCUT2D eigenvalue weighted by atomic mass is 16.6. The summed E-state index contributed by atoms with van der Waals surface area (Å²) in [5.74, 6) is -0.426. The number of methoxy groups -OCH3 is 1. The van der Waals surface area contributed by atoms with Gasteiger partial charge in [-0.2, -0.15) is 0 Å². The monoisotopic (exact) mass is 307 g/mol. The van der Waals surface area contributed by atoms with Crippen molar-refractivity contribution in [2.45, 2.75) is 38.5 Å². The number of hydrogen-bond donors (Lipinski definition) is 1. The second-order valence-electron chi connectivity index (χ2n) is 6.26. The summed E-state index contributed by atoms with van der Waals surface area (Å²) in [6.45, 7) is 5.61. The first kappa shape index (κ1) is 16.3. The van der Waals surface area contributed by atoms with Crippen LogP contribution in [-0.4, -0.2) is 47.4 Å². The van der Waals surface area contributed by atoms with Gasteiger partial charge in [-0.1, -0.05) is 12.1 Å². The van der Waals surface area contributed by atoms with Crippen LogP contribution in [0.2, 0.25) is 0 Å². The zero-order chi connectivity index (χ0) is 16.5. The summed E-state index contributed by atoms with van der Waals surface area (Å²) >= 11 is 0. The zero-order valence-electron chi connectivity index (χ0n) is 13.2. The number of aliphatic hydroxyl groups excluding tert-OH is 1. The lowest BCUT2D eigenvalue weighted by atomic mass is 9.91. The van der Waals surface area contributed by atoms with Gasteiger partial charge in [0.1, 0.15) is 5.60 Å². The fourth-order valence-corrected chi connectivity index (χ4v) is 2.33. The van der Waals surface area contributed by atoms with E-state index < -0.39 is 29.8 Å². The second kappa shape index (κ2) is 5.96. The average molecular weight is 307 g/mol. The molecule has 0 bridgehead atoms. The number of benzene rings is 1. The number of likely N-dealkylation sites (tertiary alicyclic amines) is 1. The highest BCUT2D eigenvalue weighted by Gasteiger charge is 2.43. The van der Waals surface area contributed by atoms with Crippen molar-refractivity contribution in [2.75, 3.05) is 13.7 Å². The summed E-state index contributed by atoms with van der Waals surface area (Å²) in [7, 11) is 1.32. The molecular formula is C16H21NO5. The Kier molecular flexibility index (Phi) is 4.42. The van der Waals surface area contributed by atoms with Gasteiger partial charge in [0, 0.05) is 0 Å². The Hall–Kier alpha value is -2.08. The van der Waals surface area contributed by atoms with Gasteiger partial charge in [0.05, 0.1) is 31.4 Å². The van der Waals surface area contributed by atoms with Crippen molar-refractivity contribution in [1.29, 1.82) is 0 Å². The summed E-state index contributed by atoms with van der Waals surface area (Å²) in [5, 5.41) is 9.96. The minimum atomic E-state index is -0.642. The number of esters is 1. The van der Waals surface area contributed by atoms with Gasteiger partial charge in [-0.25, -0.2) is 9.59 Å². The third-order valence-corrected chi connectivity index (χ3v) is 3.39. The van der Waals surface area contributed by atoms with Crippen LogP contribution in [0, 0.1) is 0 Å². The first-order chi connectivity index (χ1) is 10.2. The molecule has 120 valence electrons. The fourth-order valence-electron chi connectivity index (χ4n) is 2.33. The highest BCUT2D eigenvalue weighted by Crippen LogP contribution is 2.35. The molecule has 1 aromatic carbocycles. The molecule has 2 rings (SSSR count). The van der Waals surface area contributed by atoms with E-state index in [2.05, 4.69) is 4.74 Å². The Bertz CT molecular complexity index is 561. The Morgan fingerprint density at radius 1 is 1.23 bits per heavy atom. The van der Waals surface area contributed by atoms with Crippen molar-refractivity contribution in [3.8, 4) is 0 Å². The molecule has 0 unspecified atom stereocenters. The van der Waals surface area contributed by atoms with Crippen molar-refractivity contribution in [3.63, 3.8) is 0 Å². The van der Waals surface area contributed by atoms with Crippen LogP contribution in [0.1, 0.15) is 42.7 Å². The number of aliphatic hydroxyl groups is 1. The largest absolute Gasteiger partial charge is 0.465 e. The van der Waals surface area contributed by atoms with Gasteiger partial charge in [0.15, 0.2) is 0 Å². The zero-order valence-corrected chi connectivity index (χ0v) is 13.2. The maximum atomic E-state index is 12.1. The van der Waals surface area contributed by atoms with Crippen LogP contribution in [0.25, 0.3) is 0 Å². The van der Waals surface area contributed by atoms with Crippen molar-refractivity contribution in [1.82, 2.24) is 4.90 Å². The molecule has 2 atom stereocenters. The molecule has 1 heterocycles. The molecule has 0 radical (unpaired) electrons. The summed E-state index contributed by atoms with van der Waals surface area (Å²) in [4.78, 5) is 25.0. The summed E-state index contributed by atoms with van der Waals surface area (Å²) < 4.78 is 9.96. The summed E-state index contributed by atoms with van der Waals surface area (Å²) in [6, 6.07) is 6.17. The van der Waals surface area contributed by atoms with Crippen LogP contribution >= 0.6 is 0 Å². The number of carbonyl (C=O) groups excluding carboxylic acids is 2. The van der Waals surface area contributed by atoms with E-state index in [1.165, 1.54) is 12.0 Å². The van der Waals surface area contributed by atoms with Gasteiger partial charge in [0.2, 0.25) is 0 Å². The summed E-state index contributed by atoms with van der Waals surface area (Å²) in [6.07, 6.45) is -1.10. The van der Waals surface area contributed by atoms with E-state index in [9.17, 15) is 14.7 Å². The van der Waals surface area contributed by atoms with Gasteiger partial charge < -0.3 is 14.6 Å². The molecule has 1 N–H and O–H groups in total. The smallest absolute Gasteiger partial charge is 0.410 e. The third-order valence-electron chi connectivity index (χ3n) is 3.39. The number of rotatable bonds is 2. The number of hydrogen-bond acceptors (Lipinski definition) is 5. The van der Waals surface area contributed by atoms with Crippen molar-refractivity contribution < 1.29 is 24.2 Å². The van der Waals surface area contributed by atoms with Gasteiger partial charge in [-0.3, -0.25) is 4.90 Å². The first-order valence-electron chi connectivity index (χ1n) is 7.09. The van der Waals surface area contributed by atoms with Gasteiger partial charge in [0.25, 0.3) is 0 Å². The van der Waals surface area contributed by atoms with Gasteiger partial charge in [-0.05, 0) is 38.5 Å². The van der Waals surface area contributed by atoms with E-state index in [0.29, 0.717) is 5.56 Å². The normalized spacial score (nSPS) is 21.0. The topological polar surface area (TPSA) is 76.1 Å². The molecular weight excluding hydrogens is 286 g/mol. The molecule has 1 saturated heterocycles. The molecule has 1 amide bonds. The lowest BCUT2D eigenvalue weighted by Gasteiger charge is -2.45. The predicted octanol–water partition coefficient (Wildman–Crippen LogP) is 2.13. The Morgan fingerprint density at radius 3 is 2.27 bits per heavy atom. The van der Waals surface area contributed by atoms with E-state index in [4.69, 9.17) is 4.74 Å². The van der Waals surface area contributed by atoms with Crippen LogP contribution < -0.4 is 0 Å². The molecule has 1 aliphatic heterocycles. The lowest BCUT2D eigenvalue weighted by molar-refractivity contribution is -0.0723.